The molecule has 2 rings (SSSR count). The van der Waals surface area contributed by atoms with E-state index in [1.165, 1.54) is 6.42 Å². The zero-order valence-corrected chi connectivity index (χ0v) is 11.1. The van der Waals surface area contributed by atoms with E-state index in [0.717, 1.165) is 14.3 Å². The van der Waals surface area contributed by atoms with Crippen molar-refractivity contribution < 1.29 is 31.1 Å². The van der Waals surface area contributed by atoms with E-state index in [1.807, 2.05) is 0 Å². The van der Waals surface area contributed by atoms with Crippen molar-refractivity contribution in [3.8, 4) is 0 Å². The average Bonchev–Trinajstić information content (AvgIpc) is 2.38. The first-order valence-electron chi connectivity index (χ1n) is 4.04. The number of carboxylic acid groups (broad SMARTS) is 1. The molecule has 12 heavy (non-hydrogen) atoms. The molecule has 0 radical (unpaired) electrons. The molecule has 4 heteroatoms. The summed E-state index contributed by atoms with van der Waals surface area (Å²) in [5.74, 6) is 0.161. The van der Waals surface area contributed by atoms with Crippen LogP contribution in [0.25, 0.3) is 0 Å². The summed E-state index contributed by atoms with van der Waals surface area (Å²) < 4.78 is 1.06. The number of hydrogen-bond donors (Lipinski definition) is 1. The Morgan fingerprint density at radius 1 is 1.75 bits per heavy atom. The summed E-state index contributed by atoms with van der Waals surface area (Å²) in [5, 5.41) is 9.00. The summed E-state index contributed by atoms with van der Waals surface area (Å²) in [4.78, 5) is 10.9. The summed E-state index contributed by atoms with van der Waals surface area (Å²) in [5.41, 5.74) is 0. The molecule has 4 atom stereocenters. The first-order chi connectivity index (χ1) is 5.53. The Morgan fingerprint density at radius 3 is 2.75 bits per heavy atom. The molecule has 0 aromatic carbocycles. The molecule has 1 saturated carbocycles. The topological polar surface area (TPSA) is 37.3 Å². The third kappa shape index (κ3) is 1.29. The minimum atomic E-state index is -0.553. The first kappa shape index (κ1) is 9.48. The molecule has 0 amide bonds. The zero-order valence-electron chi connectivity index (χ0n) is 6.76. The van der Waals surface area contributed by atoms with Gasteiger partial charge in [0.2, 0.25) is 0 Å². The van der Waals surface area contributed by atoms with Crippen LogP contribution in [0.15, 0.2) is 0 Å². The summed E-state index contributed by atoms with van der Waals surface area (Å²) in [6.45, 7) is 2.19. The van der Waals surface area contributed by atoms with E-state index in [9.17, 15) is 4.79 Å². The number of alkyl halides is 3. The van der Waals surface area contributed by atoms with Crippen molar-refractivity contribution in [3.63, 3.8) is 0 Å². The van der Waals surface area contributed by atoms with Crippen molar-refractivity contribution in [2.45, 2.75) is 25.1 Å². The summed E-state index contributed by atoms with van der Waals surface area (Å²) in [7, 11) is 0. The second kappa shape index (κ2) is 2.96. The van der Waals surface area contributed by atoms with Gasteiger partial charge in [-0.05, 0) is 0 Å². The molecule has 2 fully saturated rings. The zero-order chi connectivity index (χ0) is 8.93. The Hall–Kier alpha value is 0.930. The minimum absolute atomic E-state index is 0.0127. The van der Waals surface area contributed by atoms with Crippen molar-refractivity contribution >= 4 is 28.6 Å². The fourth-order valence-corrected chi connectivity index (χ4v) is 10.6. The van der Waals surface area contributed by atoms with Crippen molar-refractivity contribution in [3.05, 3.63) is 0 Å². The number of halogens is 2. The fraction of sp³-hybridized carbons (Fsp3) is 0.875. The molecule has 2 aliphatic rings. The second-order valence-corrected chi connectivity index (χ2v) is 12.0. The van der Waals surface area contributed by atoms with E-state index in [4.69, 9.17) is 5.11 Å². The summed E-state index contributed by atoms with van der Waals surface area (Å²) >= 11 is 2.64. The molecular formula is C8H11I2O2-. The molecule has 1 aliphatic carbocycles. The van der Waals surface area contributed by atoms with Gasteiger partial charge in [-0.1, -0.05) is 0 Å². The normalized spacial score (nSPS) is 52.0. The molecule has 0 spiro atoms. The van der Waals surface area contributed by atoms with Crippen molar-refractivity contribution in [2.75, 3.05) is 0 Å². The SMILES string of the molecule is CC12CC(CC1C(=O)O)C(I)[I-]2. The van der Waals surface area contributed by atoms with Gasteiger partial charge in [0.05, 0.1) is 0 Å². The van der Waals surface area contributed by atoms with Crippen LogP contribution in [0, 0.1) is 11.8 Å². The van der Waals surface area contributed by atoms with E-state index in [1.54, 1.807) is 0 Å². The van der Waals surface area contributed by atoms with Gasteiger partial charge in [-0.3, -0.25) is 0 Å². The van der Waals surface area contributed by atoms with E-state index in [-0.39, 0.29) is 30.5 Å². The van der Waals surface area contributed by atoms with Gasteiger partial charge < -0.3 is 0 Å². The van der Waals surface area contributed by atoms with Crippen LogP contribution in [0.5, 0.6) is 0 Å². The van der Waals surface area contributed by atoms with E-state index < -0.39 is 5.97 Å². The Balaban J connectivity index is 2.21. The average molecular weight is 393 g/mol. The number of hydrogen-bond acceptors (Lipinski definition) is 1. The molecular weight excluding hydrogens is 382 g/mol. The number of aliphatic carboxylic acids is 1. The molecule has 2 bridgehead atoms. The Bertz CT molecular complexity index is 227. The third-order valence-electron chi connectivity index (χ3n) is 2.93. The predicted octanol–water partition coefficient (Wildman–Crippen LogP) is -1.28. The predicted molar refractivity (Wildman–Crippen MR) is 50.1 cm³/mol. The second-order valence-electron chi connectivity index (χ2n) is 3.81. The standard InChI is InChI=1S/C8H11I2O2/c1-8-3-4(6(9)10-8)2-5(8)7(11)12/h4-6H,2-3H2,1H3,(H,11,12)/q-1. The van der Waals surface area contributed by atoms with Crippen molar-refractivity contribution in [1.82, 2.24) is 0 Å². The van der Waals surface area contributed by atoms with Crippen LogP contribution in [0.3, 0.4) is 0 Å². The number of carbonyl (C=O) groups is 1. The van der Waals surface area contributed by atoms with Crippen LogP contribution in [0.1, 0.15) is 19.8 Å². The Kier molecular flexibility index (Phi) is 2.34. The van der Waals surface area contributed by atoms with Gasteiger partial charge in [-0.25, -0.2) is 0 Å². The maximum atomic E-state index is 10.9. The molecule has 2 nitrogen and oxygen atoms in total. The van der Waals surface area contributed by atoms with Crippen molar-refractivity contribution in [2.24, 2.45) is 11.8 Å². The van der Waals surface area contributed by atoms with Crippen LogP contribution >= 0.6 is 22.6 Å². The molecule has 1 N–H and O–H groups in total. The van der Waals surface area contributed by atoms with Gasteiger partial charge in [0.25, 0.3) is 0 Å². The van der Waals surface area contributed by atoms with E-state index >= 15 is 0 Å². The van der Waals surface area contributed by atoms with Gasteiger partial charge in [-0.15, -0.1) is 0 Å². The molecule has 4 unspecified atom stereocenters. The molecule has 0 aromatic rings. The summed E-state index contributed by atoms with van der Waals surface area (Å²) in [6.07, 6.45) is 2.13. The van der Waals surface area contributed by atoms with Crippen molar-refractivity contribution in [1.29, 1.82) is 0 Å². The van der Waals surface area contributed by atoms with Crippen LogP contribution in [0.2, 0.25) is 0 Å². The number of rotatable bonds is 1. The molecule has 1 heterocycles. The Labute approximate surface area is 95.9 Å². The van der Waals surface area contributed by atoms with Gasteiger partial charge in [-0.2, -0.15) is 0 Å². The fourth-order valence-electron chi connectivity index (χ4n) is 2.28. The van der Waals surface area contributed by atoms with E-state index in [2.05, 4.69) is 29.5 Å². The number of fused-ring (bicyclic) bond motifs is 2. The van der Waals surface area contributed by atoms with Crippen LogP contribution < -0.4 is 21.2 Å². The van der Waals surface area contributed by atoms with Gasteiger partial charge in [0.15, 0.2) is 0 Å². The van der Waals surface area contributed by atoms with E-state index in [0.29, 0.717) is 0 Å². The van der Waals surface area contributed by atoms with Crippen LogP contribution in [-0.2, 0) is 4.79 Å². The van der Waals surface area contributed by atoms with Crippen LogP contribution in [0.4, 0.5) is 0 Å². The van der Waals surface area contributed by atoms with Gasteiger partial charge in [0, 0.05) is 0 Å². The molecule has 70 valence electrons. The van der Waals surface area contributed by atoms with Gasteiger partial charge >= 0.3 is 96.6 Å². The van der Waals surface area contributed by atoms with Crippen LogP contribution in [-0.4, -0.2) is 16.4 Å². The third-order valence-corrected chi connectivity index (χ3v) is 9.76. The molecule has 1 aliphatic heterocycles. The monoisotopic (exact) mass is 393 g/mol. The molecule has 0 aromatic heterocycles. The van der Waals surface area contributed by atoms with Gasteiger partial charge in [0.1, 0.15) is 0 Å². The Morgan fingerprint density at radius 2 is 2.42 bits per heavy atom. The number of carboxylic acids is 1. The quantitative estimate of drug-likeness (QED) is 0.446. The summed E-state index contributed by atoms with van der Waals surface area (Å²) in [6, 6.07) is 0. The first-order valence-corrected chi connectivity index (χ1v) is 7.61. The maximum absolute atomic E-state index is 10.9. The molecule has 1 saturated heterocycles.